The fourth-order valence-corrected chi connectivity index (χ4v) is 8.57. The van der Waals surface area contributed by atoms with E-state index in [0.29, 0.717) is 44.5 Å². The number of para-hydroxylation sites is 4. The van der Waals surface area contributed by atoms with Crippen LogP contribution in [0.4, 0.5) is 17.5 Å². The van der Waals surface area contributed by atoms with Gasteiger partial charge in [0, 0.05) is 59.4 Å². The van der Waals surface area contributed by atoms with E-state index in [0.717, 1.165) is 43.6 Å². The molecule has 11 rings (SSSR count). The molecule has 0 spiro atoms. The Hall–Kier alpha value is -7.06. The number of carbonyl (C=O) groups excluding carboxylic acids is 3. The average molecular weight is 1320 g/mol. The molecule has 446 valence electrons. The van der Waals surface area contributed by atoms with Gasteiger partial charge in [-0.25, -0.2) is 35.7 Å². The summed E-state index contributed by atoms with van der Waals surface area (Å²) in [6.45, 7) is 0. The summed E-state index contributed by atoms with van der Waals surface area (Å²) in [6.07, 6.45) is 3.51. The van der Waals surface area contributed by atoms with Gasteiger partial charge >= 0.3 is 29.6 Å². The van der Waals surface area contributed by atoms with Gasteiger partial charge in [-0.3, -0.25) is 51.5 Å². The predicted molar refractivity (Wildman–Crippen MR) is 357 cm³/mol. The molecule has 7 aromatic carbocycles. The molecule has 0 radical (unpaired) electrons. The van der Waals surface area contributed by atoms with Crippen LogP contribution in [0.25, 0.3) is 43.6 Å². The standard InChI is InChI=1S/C17H16N4OS.C16H13ClN4O.C9H9ClN4.C8H4Cl2N2.C7H5ClO.CH6N2.CH4S.CH4.Na/c1-21(20-16(22)12-8-4-3-5-9-12)15-13-10-6-7-11-14(13)18-17(19-15)23-2;1-21(20-15(22)11-7-3-2-4-8-11)14-12-9-5-6-10-13(12)18-16(17)19-14;1-14(11)8-6-4-2-3-5-7(6)12-9(10)13-8;9-7-5-3-1-2-4-6(5)11-8(10)12-7;8-7(9)6-4-2-1-3-5-6;1-3-2;1-2;;/h3-11H,1-2H3,(H,20,22);2-10H,1H3,(H,20,22);2-5H,11H2,1H3;1-4H;1-5H;3H,2H2,1H3;2H,1H3;1H4;/q;;;;;;;;+1/p-1. The SMILES string of the molecule is C.CN(N)c1nc(Cl)nc2ccccc12.CN(NC(=O)c1ccccc1)c1nc(Cl)nc2ccccc12.CNN.CSc1nc(N(C)NC(=O)c2ccccc2)c2ccccc2n1.C[S-].Clc1nc(Cl)c2ccccc2n1.O=C(Cl)c1ccccc1.[Na+]. The predicted octanol–water partition coefficient (Wildman–Crippen LogP) is 9.68. The van der Waals surface area contributed by atoms with E-state index in [4.69, 9.17) is 63.8 Å². The minimum absolute atomic E-state index is 0. The molecule has 0 saturated carbocycles. The van der Waals surface area contributed by atoms with Gasteiger partial charge < -0.3 is 12.6 Å². The number of carbonyl (C=O) groups is 3. The molecule has 7 N–H and O–H groups in total. The van der Waals surface area contributed by atoms with Crippen LogP contribution in [0.3, 0.4) is 0 Å². The van der Waals surface area contributed by atoms with Gasteiger partial charge in [0.1, 0.15) is 5.15 Å². The quantitative estimate of drug-likeness (QED) is 0.0132. The first-order chi connectivity index (χ1) is 41.0. The summed E-state index contributed by atoms with van der Waals surface area (Å²) in [6, 6.07) is 57.1. The normalized spacial score (nSPS) is 9.77. The molecule has 0 bridgehead atoms. The van der Waals surface area contributed by atoms with Crippen LogP contribution in [0.1, 0.15) is 38.5 Å². The summed E-state index contributed by atoms with van der Waals surface area (Å²) in [5.41, 5.74) is 12.7. The van der Waals surface area contributed by atoms with Gasteiger partial charge in [0.2, 0.25) is 15.9 Å². The van der Waals surface area contributed by atoms with Crippen LogP contribution >= 0.6 is 69.8 Å². The smallest absolute Gasteiger partial charge is 0.796 e. The Bertz CT molecular complexity index is 3940. The fourth-order valence-electron chi connectivity index (χ4n) is 7.27. The summed E-state index contributed by atoms with van der Waals surface area (Å²) in [4.78, 5) is 68.3. The van der Waals surface area contributed by atoms with E-state index in [1.807, 2.05) is 146 Å². The second-order valence-electron chi connectivity index (χ2n) is 16.8. The minimum Gasteiger partial charge on any atom is -0.796 e. The fraction of sp³-hybridized carbons (Fsp3) is 0.117. The van der Waals surface area contributed by atoms with Crippen molar-refractivity contribution < 1.29 is 43.9 Å². The summed E-state index contributed by atoms with van der Waals surface area (Å²) in [7, 11) is 6.86. The summed E-state index contributed by atoms with van der Waals surface area (Å²) >= 11 is 33.9. The Balaban J connectivity index is 0.000000287. The molecular weight excluding hydrogens is 1260 g/mol. The van der Waals surface area contributed by atoms with Crippen molar-refractivity contribution in [2.45, 2.75) is 12.6 Å². The van der Waals surface area contributed by atoms with Gasteiger partial charge in [-0.1, -0.05) is 146 Å². The molecule has 87 heavy (non-hydrogen) atoms. The van der Waals surface area contributed by atoms with Crippen LogP contribution in [0.5, 0.6) is 0 Å². The Kier molecular flexibility index (Phi) is 33.2. The number of halogens is 5. The second kappa shape index (κ2) is 39.0. The molecule has 19 nitrogen and oxygen atoms in total. The number of benzene rings is 7. The molecule has 0 fully saturated rings. The van der Waals surface area contributed by atoms with E-state index in [-0.39, 0.29) is 64.6 Å². The van der Waals surface area contributed by atoms with Gasteiger partial charge in [-0.05, 0) is 133 Å². The number of anilines is 3. The van der Waals surface area contributed by atoms with E-state index in [1.54, 1.807) is 93.0 Å². The second-order valence-corrected chi connectivity index (χ2v) is 19.3. The average Bonchev–Trinajstić information content (AvgIpc) is 3.63. The van der Waals surface area contributed by atoms with Crippen molar-refractivity contribution in [2.75, 3.05) is 55.7 Å². The number of aromatic nitrogens is 8. The van der Waals surface area contributed by atoms with Crippen molar-refractivity contribution in [3.63, 3.8) is 0 Å². The van der Waals surface area contributed by atoms with Crippen molar-refractivity contribution in [3.05, 3.63) is 226 Å². The summed E-state index contributed by atoms with van der Waals surface area (Å²) in [5, 5.41) is 9.19. The molecule has 0 saturated heterocycles. The molecule has 27 heteroatoms. The van der Waals surface area contributed by atoms with E-state index in [9.17, 15) is 14.4 Å². The maximum absolute atomic E-state index is 12.3. The van der Waals surface area contributed by atoms with Crippen LogP contribution in [0, 0.1) is 0 Å². The Morgan fingerprint density at radius 2 is 0.759 bits per heavy atom. The van der Waals surface area contributed by atoms with Crippen molar-refractivity contribution in [3.8, 4) is 0 Å². The first-order valence-electron chi connectivity index (χ1n) is 25.0. The largest absolute Gasteiger partial charge is 1.00 e. The van der Waals surface area contributed by atoms with Crippen molar-refractivity contribution in [1.29, 1.82) is 0 Å². The third kappa shape index (κ3) is 22.9. The molecule has 11 aromatic rings. The number of amides is 2. The number of hydrogen-bond acceptors (Lipinski definition) is 19. The zero-order valence-electron chi connectivity index (χ0n) is 47.4. The van der Waals surface area contributed by atoms with E-state index < -0.39 is 5.24 Å². The molecule has 0 aliphatic rings. The topological polar surface area (TPSA) is 252 Å². The Morgan fingerprint density at radius 3 is 1.13 bits per heavy atom. The van der Waals surface area contributed by atoms with Crippen LogP contribution < -0.4 is 72.5 Å². The maximum atomic E-state index is 12.3. The number of nitrogens with one attached hydrogen (secondary N) is 3. The number of nitrogens with two attached hydrogens (primary N) is 2. The van der Waals surface area contributed by atoms with Gasteiger partial charge in [-0.2, -0.15) is 16.2 Å². The van der Waals surface area contributed by atoms with Crippen LogP contribution in [0.15, 0.2) is 193 Å². The molecule has 4 aromatic heterocycles. The van der Waals surface area contributed by atoms with Gasteiger partial charge in [0.15, 0.2) is 22.6 Å². The summed E-state index contributed by atoms with van der Waals surface area (Å²) in [5.74, 6) is 11.7. The van der Waals surface area contributed by atoms with E-state index in [2.05, 4.69) is 74.6 Å². The number of nitrogens with zero attached hydrogens (tertiary/aromatic N) is 11. The third-order valence-corrected chi connectivity index (χ3v) is 12.5. The monoisotopic (exact) mass is 1310 g/mol. The molecule has 0 aliphatic heterocycles. The third-order valence-electron chi connectivity index (χ3n) is 11.0. The Labute approximate surface area is 561 Å². The summed E-state index contributed by atoms with van der Waals surface area (Å²) < 4.78 is 0. The molecule has 2 amide bonds. The number of hydrazine groups is 4. The zero-order valence-corrected chi connectivity index (χ0v) is 54.8. The number of rotatable bonds is 9. The Morgan fingerprint density at radius 1 is 0.460 bits per heavy atom. The number of hydrogen-bond donors (Lipinski definition) is 5. The van der Waals surface area contributed by atoms with Crippen LogP contribution in [0.2, 0.25) is 21.0 Å². The maximum Gasteiger partial charge on any atom is 1.00 e. The minimum atomic E-state index is -0.407. The molecule has 0 unspecified atom stereocenters. The molecule has 0 aliphatic carbocycles. The van der Waals surface area contributed by atoms with Crippen LogP contribution in [-0.2, 0) is 12.6 Å². The van der Waals surface area contributed by atoms with Crippen molar-refractivity contribution >= 4 is 161 Å². The first-order valence-corrected chi connectivity index (χ1v) is 28.9. The van der Waals surface area contributed by atoms with Gasteiger partial charge in [0.05, 0.1) is 22.1 Å². The van der Waals surface area contributed by atoms with Gasteiger partial charge in [0.25, 0.3) is 17.1 Å². The first kappa shape index (κ1) is 74.2. The number of fused-ring (bicyclic) bond motifs is 4. The zero-order chi connectivity index (χ0) is 61.8. The van der Waals surface area contributed by atoms with E-state index >= 15 is 0 Å². The van der Waals surface area contributed by atoms with Gasteiger partial charge in [-0.15, -0.1) is 0 Å². The molecular formula is C60H60Cl5N16NaO3S2. The molecule has 4 heterocycles. The molecule has 0 atom stereocenters. The van der Waals surface area contributed by atoms with Crippen LogP contribution in [-0.4, -0.2) is 97.6 Å². The van der Waals surface area contributed by atoms with Crippen molar-refractivity contribution in [2.24, 2.45) is 11.7 Å². The van der Waals surface area contributed by atoms with Crippen molar-refractivity contribution in [1.82, 2.24) is 56.1 Å². The number of thioether (sulfide) groups is 1. The van der Waals surface area contributed by atoms with E-state index in [1.165, 1.54) is 16.8 Å².